The Bertz CT molecular complexity index is 931. The molecule has 0 spiro atoms. The number of hydrogen-bond donors (Lipinski definition) is 2. The van der Waals surface area contributed by atoms with Crippen LogP contribution in [0.4, 0.5) is 0 Å². The van der Waals surface area contributed by atoms with Gasteiger partial charge in [-0.1, -0.05) is 17.7 Å². The molecule has 26 heavy (non-hydrogen) atoms. The summed E-state index contributed by atoms with van der Waals surface area (Å²) in [7, 11) is 0. The molecule has 0 fully saturated rings. The number of hydrogen-bond acceptors (Lipinski definition) is 2. The minimum absolute atomic E-state index is 0.0105. The lowest BCUT2D eigenvalue weighted by Crippen LogP contribution is -2.28. The van der Waals surface area contributed by atoms with Crippen molar-refractivity contribution in [2.24, 2.45) is 0 Å². The van der Waals surface area contributed by atoms with E-state index in [1.54, 1.807) is 24.3 Å². The van der Waals surface area contributed by atoms with Crippen molar-refractivity contribution < 1.29 is 9.53 Å². The third-order valence-electron chi connectivity index (χ3n) is 4.84. The number of benzene rings is 2. The van der Waals surface area contributed by atoms with E-state index >= 15 is 0 Å². The van der Waals surface area contributed by atoms with Crippen LogP contribution in [0.3, 0.4) is 0 Å². The van der Waals surface area contributed by atoms with Crippen molar-refractivity contribution in [3.8, 4) is 5.75 Å². The topological polar surface area (TPSA) is 54.1 Å². The van der Waals surface area contributed by atoms with Crippen LogP contribution in [-0.2, 0) is 24.2 Å². The van der Waals surface area contributed by atoms with Gasteiger partial charge >= 0.3 is 0 Å². The van der Waals surface area contributed by atoms with E-state index in [0.717, 1.165) is 18.4 Å². The van der Waals surface area contributed by atoms with Gasteiger partial charge in [0.2, 0.25) is 0 Å². The van der Waals surface area contributed by atoms with E-state index in [4.69, 9.17) is 16.3 Å². The van der Waals surface area contributed by atoms with E-state index in [2.05, 4.69) is 28.5 Å². The Morgan fingerprint density at radius 2 is 1.92 bits per heavy atom. The summed E-state index contributed by atoms with van der Waals surface area (Å²) in [4.78, 5) is 15.6. The molecule has 4 nitrogen and oxygen atoms in total. The average molecular weight is 369 g/mol. The molecular weight excluding hydrogens is 348 g/mol. The SMILES string of the molecule is O=C(COc1ccc(Cl)cc1)NCc1ccc2[nH]c3c(c2c1)CCCC3. The van der Waals surface area contributed by atoms with Crippen LogP contribution in [0, 0.1) is 0 Å². The molecule has 3 aromatic rings. The third kappa shape index (κ3) is 3.70. The van der Waals surface area contributed by atoms with E-state index in [0.29, 0.717) is 17.3 Å². The first kappa shape index (κ1) is 17.0. The summed E-state index contributed by atoms with van der Waals surface area (Å²) >= 11 is 5.83. The Hall–Kier alpha value is -2.46. The highest BCUT2D eigenvalue weighted by Crippen LogP contribution is 2.29. The highest BCUT2D eigenvalue weighted by Gasteiger charge is 2.15. The number of ether oxygens (including phenoxy) is 1. The van der Waals surface area contributed by atoms with Crippen LogP contribution in [0.25, 0.3) is 10.9 Å². The maximum Gasteiger partial charge on any atom is 0.258 e. The van der Waals surface area contributed by atoms with Gasteiger partial charge < -0.3 is 15.0 Å². The molecule has 1 amide bonds. The zero-order chi connectivity index (χ0) is 17.9. The van der Waals surface area contributed by atoms with E-state index in [9.17, 15) is 4.79 Å². The lowest BCUT2D eigenvalue weighted by atomic mass is 9.95. The predicted molar refractivity (Wildman–Crippen MR) is 104 cm³/mol. The molecule has 4 rings (SSSR count). The van der Waals surface area contributed by atoms with Gasteiger partial charge in [-0.2, -0.15) is 0 Å². The number of amides is 1. The molecule has 134 valence electrons. The van der Waals surface area contributed by atoms with E-state index in [-0.39, 0.29) is 12.5 Å². The van der Waals surface area contributed by atoms with Gasteiger partial charge in [-0.05, 0) is 73.2 Å². The summed E-state index contributed by atoms with van der Waals surface area (Å²) in [6, 6.07) is 13.3. The molecule has 2 aromatic carbocycles. The van der Waals surface area contributed by atoms with Crippen LogP contribution in [0.1, 0.15) is 29.7 Å². The number of fused-ring (bicyclic) bond motifs is 3. The molecule has 5 heteroatoms. The van der Waals surface area contributed by atoms with Gasteiger partial charge in [0.1, 0.15) is 5.75 Å². The molecule has 1 aliphatic carbocycles. The van der Waals surface area contributed by atoms with E-state index in [1.165, 1.54) is 35.0 Å². The first-order chi connectivity index (χ1) is 12.7. The molecular formula is C21H21ClN2O2. The second-order valence-electron chi connectivity index (χ2n) is 6.69. The third-order valence-corrected chi connectivity index (χ3v) is 5.09. The lowest BCUT2D eigenvalue weighted by molar-refractivity contribution is -0.123. The van der Waals surface area contributed by atoms with E-state index in [1.807, 2.05) is 0 Å². The quantitative estimate of drug-likeness (QED) is 0.701. The van der Waals surface area contributed by atoms with Crippen LogP contribution in [0.2, 0.25) is 5.02 Å². The number of rotatable bonds is 5. The van der Waals surface area contributed by atoms with Crippen LogP contribution >= 0.6 is 11.6 Å². The monoisotopic (exact) mass is 368 g/mol. The summed E-state index contributed by atoms with van der Waals surface area (Å²) in [5.74, 6) is 0.487. The maximum absolute atomic E-state index is 12.0. The van der Waals surface area contributed by atoms with Gasteiger partial charge in [-0.3, -0.25) is 4.79 Å². The smallest absolute Gasteiger partial charge is 0.258 e. The zero-order valence-electron chi connectivity index (χ0n) is 14.5. The average Bonchev–Trinajstić information content (AvgIpc) is 3.04. The molecule has 0 saturated heterocycles. The molecule has 0 aliphatic heterocycles. The highest BCUT2D eigenvalue weighted by molar-refractivity contribution is 6.30. The molecule has 0 unspecified atom stereocenters. The number of aromatic amines is 1. The second-order valence-corrected chi connectivity index (χ2v) is 7.12. The van der Waals surface area contributed by atoms with Gasteiger partial charge in [0, 0.05) is 28.2 Å². The summed E-state index contributed by atoms with van der Waals surface area (Å²) in [6.07, 6.45) is 4.79. The number of carbonyl (C=O) groups is 1. The van der Waals surface area contributed by atoms with Crippen LogP contribution < -0.4 is 10.1 Å². The molecule has 1 aliphatic rings. The molecule has 0 radical (unpaired) electrons. The summed E-state index contributed by atoms with van der Waals surface area (Å²) in [6.45, 7) is 0.488. The fourth-order valence-corrected chi connectivity index (χ4v) is 3.62. The highest BCUT2D eigenvalue weighted by atomic mass is 35.5. The fourth-order valence-electron chi connectivity index (χ4n) is 3.49. The fraction of sp³-hybridized carbons (Fsp3) is 0.286. The molecule has 2 N–H and O–H groups in total. The van der Waals surface area contributed by atoms with Gasteiger partial charge in [0.25, 0.3) is 5.91 Å². The van der Waals surface area contributed by atoms with Crippen molar-refractivity contribution >= 4 is 28.4 Å². The molecule has 0 bridgehead atoms. The first-order valence-corrected chi connectivity index (χ1v) is 9.34. The minimum atomic E-state index is -0.142. The van der Waals surface area contributed by atoms with Gasteiger partial charge in [-0.25, -0.2) is 0 Å². The predicted octanol–water partition coefficient (Wildman–Crippen LogP) is 4.40. The van der Waals surface area contributed by atoms with Gasteiger partial charge in [0.05, 0.1) is 0 Å². The van der Waals surface area contributed by atoms with Crippen molar-refractivity contribution in [2.45, 2.75) is 32.2 Å². The van der Waals surface area contributed by atoms with Crippen molar-refractivity contribution in [3.63, 3.8) is 0 Å². The van der Waals surface area contributed by atoms with Crippen LogP contribution in [0.5, 0.6) is 5.75 Å². The number of halogens is 1. The summed E-state index contributed by atoms with van der Waals surface area (Å²) in [5.41, 5.74) is 5.12. The van der Waals surface area contributed by atoms with Crippen molar-refractivity contribution in [1.29, 1.82) is 0 Å². The largest absolute Gasteiger partial charge is 0.484 e. The van der Waals surface area contributed by atoms with Crippen molar-refractivity contribution in [2.75, 3.05) is 6.61 Å². The normalized spacial score (nSPS) is 13.4. The Balaban J connectivity index is 1.36. The Labute approximate surface area is 157 Å². The number of aromatic nitrogens is 1. The van der Waals surface area contributed by atoms with Gasteiger partial charge in [0.15, 0.2) is 6.61 Å². The number of aryl methyl sites for hydroxylation is 2. The first-order valence-electron chi connectivity index (χ1n) is 8.96. The second kappa shape index (κ2) is 7.42. The Kier molecular flexibility index (Phi) is 4.85. The van der Waals surface area contributed by atoms with Gasteiger partial charge in [-0.15, -0.1) is 0 Å². The number of carbonyl (C=O) groups excluding carboxylic acids is 1. The zero-order valence-corrected chi connectivity index (χ0v) is 15.2. The molecule has 0 saturated carbocycles. The van der Waals surface area contributed by atoms with Crippen LogP contribution in [-0.4, -0.2) is 17.5 Å². The summed E-state index contributed by atoms with van der Waals surface area (Å²) in [5, 5.41) is 4.86. The number of nitrogens with one attached hydrogen (secondary N) is 2. The Morgan fingerprint density at radius 3 is 2.77 bits per heavy atom. The van der Waals surface area contributed by atoms with E-state index < -0.39 is 0 Å². The van der Waals surface area contributed by atoms with Crippen molar-refractivity contribution in [3.05, 3.63) is 64.3 Å². The number of H-pyrrole nitrogens is 1. The Morgan fingerprint density at radius 1 is 1.12 bits per heavy atom. The molecule has 1 heterocycles. The van der Waals surface area contributed by atoms with Crippen LogP contribution in [0.15, 0.2) is 42.5 Å². The standard InChI is InChI=1S/C21H21ClN2O2/c22-15-6-8-16(9-7-15)26-13-21(25)23-12-14-5-10-20-18(11-14)17-3-1-2-4-19(17)24-20/h5-11,24H,1-4,12-13H2,(H,23,25). The summed E-state index contributed by atoms with van der Waals surface area (Å²) < 4.78 is 5.47. The van der Waals surface area contributed by atoms with Crippen molar-refractivity contribution in [1.82, 2.24) is 10.3 Å². The lowest BCUT2D eigenvalue weighted by Gasteiger charge is -2.11. The minimum Gasteiger partial charge on any atom is -0.484 e. The maximum atomic E-state index is 12.0. The molecule has 0 atom stereocenters. The molecule has 1 aromatic heterocycles.